The maximum absolute atomic E-state index is 10.2. The van der Waals surface area contributed by atoms with Gasteiger partial charge in [0.15, 0.2) is 5.17 Å². The molecule has 0 aromatic heterocycles. The van der Waals surface area contributed by atoms with Gasteiger partial charge in [-0.3, -0.25) is 4.99 Å². The molecule has 2 saturated heterocycles. The zero-order valence-electron chi connectivity index (χ0n) is 12.1. The molecular weight excluding hydrogens is 278 g/mol. The van der Waals surface area contributed by atoms with Crippen molar-refractivity contribution in [2.24, 2.45) is 4.99 Å². The molecule has 4 N–H and O–H groups in total. The summed E-state index contributed by atoms with van der Waals surface area (Å²) >= 11 is 1.49. The monoisotopic (exact) mass is 303 g/mol. The number of hydrogen-bond acceptors (Lipinski definition) is 6. The van der Waals surface area contributed by atoms with Crippen LogP contribution in [0.25, 0.3) is 0 Å². The third kappa shape index (κ3) is 3.65. The van der Waals surface area contributed by atoms with Crippen LogP contribution in [0, 0.1) is 0 Å². The summed E-state index contributed by atoms with van der Waals surface area (Å²) in [4.78, 5) is 4.30. The van der Waals surface area contributed by atoms with Gasteiger partial charge < -0.3 is 25.6 Å². The molecule has 0 spiro atoms. The van der Waals surface area contributed by atoms with Crippen LogP contribution in [0.5, 0.6) is 0 Å². The SMILES string of the molecule is CCCCNC[C@H]1O[C@@H]2SC(=NCC)N[C@@H]2[C@@H](O)[C@@H]1O. The van der Waals surface area contributed by atoms with Crippen LogP contribution in [0.4, 0.5) is 0 Å². The molecule has 0 unspecified atom stereocenters. The minimum Gasteiger partial charge on any atom is -0.388 e. The van der Waals surface area contributed by atoms with Gasteiger partial charge in [0.05, 0.1) is 6.04 Å². The second-order valence-corrected chi connectivity index (χ2v) is 6.24. The summed E-state index contributed by atoms with van der Waals surface area (Å²) in [7, 11) is 0. The van der Waals surface area contributed by atoms with E-state index < -0.39 is 12.2 Å². The van der Waals surface area contributed by atoms with Gasteiger partial charge in [-0.25, -0.2) is 0 Å². The first-order chi connectivity index (χ1) is 9.67. The summed E-state index contributed by atoms with van der Waals surface area (Å²) in [6, 6.07) is -0.285. The smallest absolute Gasteiger partial charge is 0.159 e. The van der Waals surface area contributed by atoms with E-state index in [4.69, 9.17) is 4.74 Å². The Morgan fingerprint density at radius 3 is 2.85 bits per heavy atom. The van der Waals surface area contributed by atoms with Crippen molar-refractivity contribution in [2.45, 2.75) is 56.5 Å². The maximum Gasteiger partial charge on any atom is 0.159 e. The van der Waals surface area contributed by atoms with E-state index in [-0.39, 0.29) is 17.6 Å². The lowest BCUT2D eigenvalue weighted by atomic mass is 9.98. The average molecular weight is 303 g/mol. The summed E-state index contributed by atoms with van der Waals surface area (Å²) in [5.74, 6) is 0. The molecule has 2 heterocycles. The van der Waals surface area contributed by atoms with Crippen LogP contribution in [-0.4, -0.2) is 64.8 Å². The zero-order valence-corrected chi connectivity index (χ0v) is 12.9. The van der Waals surface area contributed by atoms with Crippen molar-refractivity contribution < 1.29 is 14.9 Å². The Hall–Kier alpha value is -0.340. The first-order valence-electron chi connectivity index (χ1n) is 7.37. The van der Waals surface area contributed by atoms with Crippen LogP contribution in [-0.2, 0) is 4.74 Å². The molecule has 2 rings (SSSR count). The number of ether oxygens (including phenoxy) is 1. The molecular formula is C13H25N3O3S. The van der Waals surface area contributed by atoms with Gasteiger partial charge in [-0.2, -0.15) is 0 Å². The van der Waals surface area contributed by atoms with Gasteiger partial charge in [0, 0.05) is 13.1 Å². The molecule has 0 saturated carbocycles. The van der Waals surface area contributed by atoms with Crippen LogP contribution < -0.4 is 10.6 Å². The van der Waals surface area contributed by atoms with Crippen LogP contribution in [0.2, 0.25) is 0 Å². The van der Waals surface area contributed by atoms with E-state index in [0.717, 1.165) is 24.6 Å². The molecule has 0 aromatic carbocycles. The standard InChI is InChI=1S/C13H25N3O3S/c1-3-5-6-14-7-8-10(17)11(18)9-12(19-8)20-13(16-9)15-4-2/h8-12,14,17-18H,3-7H2,1-2H3,(H,15,16)/t8-,9-,10-,11-,12-/m1/s1. The molecule has 0 bridgehead atoms. The molecule has 6 nitrogen and oxygen atoms in total. The molecule has 0 aromatic rings. The fourth-order valence-corrected chi connectivity index (χ4v) is 3.62. The molecule has 0 radical (unpaired) electrons. The number of aliphatic imine (C=N–C) groups is 1. The normalized spacial score (nSPS) is 38.8. The van der Waals surface area contributed by atoms with E-state index in [9.17, 15) is 10.2 Å². The number of aliphatic hydroxyl groups is 2. The summed E-state index contributed by atoms with van der Waals surface area (Å²) in [6.07, 6.45) is 0.146. The number of nitrogens with one attached hydrogen (secondary N) is 2. The van der Waals surface area contributed by atoms with Gasteiger partial charge >= 0.3 is 0 Å². The van der Waals surface area contributed by atoms with Crippen molar-refractivity contribution in [3.05, 3.63) is 0 Å². The van der Waals surface area contributed by atoms with E-state index in [1.807, 2.05) is 6.92 Å². The second kappa shape index (κ2) is 7.61. The highest BCUT2D eigenvalue weighted by Crippen LogP contribution is 2.33. The quantitative estimate of drug-likeness (QED) is 0.513. The van der Waals surface area contributed by atoms with Crippen molar-refractivity contribution in [3.63, 3.8) is 0 Å². The fourth-order valence-electron chi connectivity index (χ4n) is 2.41. The number of nitrogens with zero attached hydrogens (tertiary/aromatic N) is 1. The average Bonchev–Trinajstić information content (AvgIpc) is 2.83. The molecule has 0 amide bonds. The van der Waals surface area contributed by atoms with Gasteiger partial charge in [0.2, 0.25) is 0 Å². The maximum atomic E-state index is 10.2. The summed E-state index contributed by atoms with van der Waals surface area (Å²) < 4.78 is 5.90. The number of unbranched alkanes of at least 4 members (excludes halogenated alkanes) is 1. The van der Waals surface area contributed by atoms with Crippen molar-refractivity contribution in [1.82, 2.24) is 10.6 Å². The number of thioether (sulfide) groups is 1. The number of fused-ring (bicyclic) bond motifs is 1. The number of amidine groups is 1. The predicted octanol–water partition coefficient (Wildman–Crippen LogP) is -0.0963. The predicted molar refractivity (Wildman–Crippen MR) is 80.9 cm³/mol. The molecule has 2 aliphatic rings. The van der Waals surface area contributed by atoms with E-state index >= 15 is 0 Å². The van der Waals surface area contributed by atoms with Crippen LogP contribution in [0.3, 0.4) is 0 Å². The van der Waals surface area contributed by atoms with Gasteiger partial charge in [-0.15, -0.1) is 0 Å². The summed E-state index contributed by atoms with van der Waals surface area (Å²) in [5.41, 5.74) is -0.184. The molecule has 7 heteroatoms. The van der Waals surface area contributed by atoms with E-state index in [1.54, 1.807) is 0 Å². The van der Waals surface area contributed by atoms with E-state index in [0.29, 0.717) is 13.1 Å². The lowest BCUT2D eigenvalue weighted by molar-refractivity contribution is -0.153. The second-order valence-electron chi connectivity index (χ2n) is 5.15. The minimum atomic E-state index is -0.876. The Morgan fingerprint density at radius 2 is 2.15 bits per heavy atom. The lowest BCUT2D eigenvalue weighted by Gasteiger charge is -2.39. The van der Waals surface area contributed by atoms with Crippen molar-refractivity contribution in [1.29, 1.82) is 0 Å². The Morgan fingerprint density at radius 1 is 1.35 bits per heavy atom. The van der Waals surface area contributed by atoms with Crippen molar-refractivity contribution in [2.75, 3.05) is 19.6 Å². The molecule has 0 aliphatic carbocycles. The lowest BCUT2D eigenvalue weighted by Crippen LogP contribution is -2.60. The highest BCUT2D eigenvalue weighted by molar-refractivity contribution is 8.14. The number of hydrogen-bond donors (Lipinski definition) is 4. The highest BCUT2D eigenvalue weighted by Gasteiger charge is 2.48. The first-order valence-corrected chi connectivity index (χ1v) is 8.25. The number of aliphatic hydroxyl groups excluding tert-OH is 2. The summed E-state index contributed by atoms with van der Waals surface area (Å²) in [5, 5.41) is 27.6. The Bertz CT molecular complexity index is 343. The molecule has 2 aliphatic heterocycles. The zero-order chi connectivity index (χ0) is 14.5. The largest absolute Gasteiger partial charge is 0.388 e. The minimum absolute atomic E-state index is 0.184. The van der Waals surface area contributed by atoms with Crippen molar-refractivity contribution in [3.8, 4) is 0 Å². The third-order valence-electron chi connectivity index (χ3n) is 3.57. The third-order valence-corrected chi connectivity index (χ3v) is 4.68. The molecule has 2 fully saturated rings. The van der Waals surface area contributed by atoms with Crippen LogP contribution in [0.1, 0.15) is 26.7 Å². The van der Waals surface area contributed by atoms with E-state index in [1.165, 1.54) is 11.8 Å². The molecule has 5 atom stereocenters. The van der Waals surface area contributed by atoms with Gasteiger partial charge in [-0.1, -0.05) is 25.1 Å². The molecule has 116 valence electrons. The molecule has 20 heavy (non-hydrogen) atoms. The Kier molecular flexibility index (Phi) is 6.10. The van der Waals surface area contributed by atoms with Gasteiger partial charge in [0.25, 0.3) is 0 Å². The Balaban J connectivity index is 1.90. The summed E-state index contributed by atoms with van der Waals surface area (Å²) in [6.45, 7) is 6.25. The van der Waals surface area contributed by atoms with E-state index in [2.05, 4.69) is 22.5 Å². The van der Waals surface area contributed by atoms with Gasteiger partial charge in [0.1, 0.15) is 23.7 Å². The topological polar surface area (TPSA) is 86.1 Å². The fraction of sp³-hybridized carbons (Fsp3) is 0.923. The van der Waals surface area contributed by atoms with Crippen molar-refractivity contribution >= 4 is 16.9 Å². The number of rotatable bonds is 6. The Labute approximate surface area is 124 Å². The van der Waals surface area contributed by atoms with Crippen LogP contribution in [0.15, 0.2) is 4.99 Å². The van der Waals surface area contributed by atoms with Gasteiger partial charge in [-0.05, 0) is 19.9 Å². The highest BCUT2D eigenvalue weighted by atomic mass is 32.2. The van der Waals surface area contributed by atoms with Crippen LogP contribution >= 0.6 is 11.8 Å². The first kappa shape index (κ1) is 16.0.